The maximum atomic E-state index is 10.8. The number of rotatable bonds is 4. The number of ether oxygens (including phenoxy) is 1. The van der Waals surface area contributed by atoms with Crippen LogP contribution in [0.1, 0.15) is 30.5 Å². The highest BCUT2D eigenvalue weighted by Crippen LogP contribution is 2.45. The number of aromatic amines is 1. The Labute approximate surface area is 111 Å². The van der Waals surface area contributed by atoms with Crippen LogP contribution >= 0.6 is 0 Å². The van der Waals surface area contributed by atoms with Gasteiger partial charge in [0.15, 0.2) is 0 Å². The van der Waals surface area contributed by atoms with E-state index in [0.29, 0.717) is 13.0 Å². The number of hydrogen-bond acceptors (Lipinski definition) is 2. The Hall–Kier alpha value is -1.81. The Morgan fingerprint density at radius 2 is 2.21 bits per heavy atom. The van der Waals surface area contributed by atoms with Crippen molar-refractivity contribution in [2.75, 3.05) is 6.61 Å². The van der Waals surface area contributed by atoms with Crippen LogP contribution in [-0.2, 0) is 15.1 Å². The predicted octanol–water partition coefficient (Wildman–Crippen LogP) is 2.96. The number of para-hydroxylation sites is 1. The lowest BCUT2D eigenvalue weighted by atomic mass is 9.81. The summed E-state index contributed by atoms with van der Waals surface area (Å²) in [5, 5.41) is 10.1. The molecule has 2 N–H and O–H groups in total. The summed E-state index contributed by atoms with van der Waals surface area (Å²) in [7, 11) is 0. The molecular weight excluding hydrogens is 242 g/mol. The van der Waals surface area contributed by atoms with Crippen LogP contribution in [0.4, 0.5) is 0 Å². The third kappa shape index (κ3) is 1.92. The van der Waals surface area contributed by atoms with Crippen molar-refractivity contribution in [3.63, 3.8) is 0 Å². The summed E-state index contributed by atoms with van der Waals surface area (Å²) >= 11 is 0. The number of benzene rings is 1. The van der Waals surface area contributed by atoms with Gasteiger partial charge in [0.05, 0.1) is 12.2 Å². The van der Waals surface area contributed by atoms with Crippen molar-refractivity contribution in [1.29, 1.82) is 0 Å². The molecule has 1 aromatic heterocycles. The summed E-state index contributed by atoms with van der Waals surface area (Å²) in [5.74, 6) is -0.771. The van der Waals surface area contributed by atoms with E-state index in [9.17, 15) is 4.79 Å². The highest BCUT2D eigenvalue weighted by atomic mass is 16.5. The van der Waals surface area contributed by atoms with E-state index in [1.54, 1.807) is 0 Å². The zero-order chi connectivity index (χ0) is 13.5. The fraction of sp³-hybridized carbons (Fsp3) is 0.400. The maximum Gasteiger partial charge on any atom is 0.303 e. The Morgan fingerprint density at radius 1 is 1.47 bits per heavy atom. The monoisotopic (exact) mass is 259 g/mol. The minimum atomic E-state index is -0.771. The summed E-state index contributed by atoms with van der Waals surface area (Å²) in [6, 6.07) is 8.10. The van der Waals surface area contributed by atoms with Gasteiger partial charge in [0.2, 0.25) is 0 Å². The van der Waals surface area contributed by atoms with Gasteiger partial charge >= 0.3 is 5.97 Å². The first-order valence-corrected chi connectivity index (χ1v) is 6.56. The van der Waals surface area contributed by atoms with Gasteiger partial charge in [-0.25, -0.2) is 0 Å². The van der Waals surface area contributed by atoms with Crippen molar-refractivity contribution in [3.05, 3.63) is 35.5 Å². The van der Waals surface area contributed by atoms with E-state index in [2.05, 4.69) is 11.1 Å². The second kappa shape index (κ2) is 4.38. The van der Waals surface area contributed by atoms with Gasteiger partial charge in [0.25, 0.3) is 0 Å². The minimum absolute atomic E-state index is 0.138. The van der Waals surface area contributed by atoms with Crippen molar-refractivity contribution in [3.8, 4) is 0 Å². The van der Waals surface area contributed by atoms with Gasteiger partial charge in [-0.15, -0.1) is 0 Å². The molecule has 1 unspecified atom stereocenters. The van der Waals surface area contributed by atoms with Gasteiger partial charge in [-0.2, -0.15) is 0 Å². The second-order valence-electron chi connectivity index (χ2n) is 5.16. The minimum Gasteiger partial charge on any atom is -0.481 e. The normalized spacial score (nSPS) is 22.4. The molecule has 1 atom stereocenters. The summed E-state index contributed by atoms with van der Waals surface area (Å²) in [4.78, 5) is 14.2. The zero-order valence-corrected chi connectivity index (χ0v) is 10.9. The van der Waals surface area contributed by atoms with Crippen LogP contribution in [0.3, 0.4) is 0 Å². The van der Waals surface area contributed by atoms with E-state index >= 15 is 0 Å². The fourth-order valence-electron chi connectivity index (χ4n) is 3.04. The molecule has 0 saturated carbocycles. The molecule has 0 radical (unpaired) electrons. The third-order valence-corrected chi connectivity index (χ3v) is 3.98. The third-order valence-electron chi connectivity index (χ3n) is 3.98. The average molecular weight is 259 g/mol. The Morgan fingerprint density at radius 3 is 2.84 bits per heavy atom. The van der Waals surface area contributed by atoms with Crippen LogP contribution in [-0.4, -0.2) is 22.7 Å². The fourth-order valence-corrected chi connectivity index (χ4v) is 3.04. The molecule has 3 rings (SSSR count). The van der Waals surface area contributed by atoms with Crippen molar-refractivity contribution in [1.82, 2.24) is 4.98 Å². The number of H-pyrrole nitrogens is 1. The molecular formula is C15H17NO3. The summed E-state index contributed by atoms with van der Waals surface area (Å²) in [5.41, 5.74) is 2.88. The van der Waals surface area contributed by atoms with Gasteiger partial charge < -0.3 is 14.8 Å². The molecule has 4 heteroatoms. The molecule has 1 aromatic carbocycles. The standard InChI is InChI=1S/C15H17NO3/c1-10-14(11-4-2-3-5-12(11)16-10)15(8-9-19-15)7-6-13(17)18/h2-5,16H,6-9H2,1H3,(H,17,18). The molecule has 0 amide bonds. The second-order valence-corrected chi connectivity index (χ2v) is 5.16. The van der Waals surface area contributed by atoms with Gasteiger partial charge in [0, 0.05) is 35.0 Å². The molecule has 100 valence electrons. The number of aliphatic carboxylic acids is 1. The largest absolute Gasteiger partial charge is 0.481 e. The molecule has 0 spiro atoms. The van der Waals surface area contributed by atoms with Crippen molar-refractivity contribution < 1.29 is 14.6 Å². The van der Waals surface area contributed by atoms with Crippen molar-refractivity contribution >= 4 is 16.9 Å². The highest BCUT2D eigenvalue weighted by Gasteiger charge is 2.43. The molecule has 1 aliphatic rings. The van der Waals surface area contributed by atoms with Crippen molar-refractivity contribution in [2.45, 2.75) is 31.8 Å². The van der Waals surface area contributed by atoms with Crippen LogP contribution < -0.4 is 0 Å². The topological polar surface area (TPSA) is 62.3 Å². The highest BCUT2D eigenvalue weighted by molar-refractivity contribution is 5.85. The first kappa shape index (κ1) is 12.2. The molecule has 1 saturated heterocycles. The molecule has 2 heterocycles. The number of aromatic nitrogens is 1. The van der Waals surface area contributed by atoms with Crippen LogP contribution in [0, 0.1) is 6.92 Å². The quantitative estimate of drug-likeness (QED) is 0.887. The number of carboxylic acids is 1. The molecule has 2 aromatic rings. The lowest BCUT2D eigenvalue weighted by molar-refractivity contribution is -0.165. The van der Waals surface area contributed by atoms with E-state index in [4.69, 9.17) is 9.84 Å². The number of aryl methyl sites for hydroxylation is 1. The molecule has 1 aliphatic heterocycles. The van der Waals surface area contributed by atoms with Gasteiger partial charge in [-0.05, 0) is 19.4 Å². The average Bonchev–Trinajstić information content (AvgIpc) is 2.65. The van der Waals surface area contributed by atoms with E-state index < -0.39 is 11.6 Å². The van der Waals surface area contributed by atoms with Gasteiger partial charge in [-0.1, -0.05) is 18.2 Å². The molecule has 0 bridgehead atoms. The van der Waals surface area contributed by atoms with Crippen LogP contribution in [0.5, 0.6) is 0 Å². The van der Waals surface area contributed by atoms with Gasteiger partial charge in [-0.3, -0.25) is 4.79 Å². The maximum absolute atomic E-state index is 10.8. The Balaban J connectivity index is 2.06. The lowest BCUT2D eigenvalue weighted by Gasteiger charge is -2.42. The number of carbonyl (C=O) groups is 1. The predicted molar refractivity (Wildman–Crippen MR) is 72.2 cm³/mol. The van der Waals surface area contributed by atoms with Crippen LogP contribution in [0.25, 0.3) is 10.9 Å². The first-order valence-electron chi connectivity index (χ1n) is 6.56. The number of fused-ring (bicyclic) bond motifs is 1. The number of carboxylic acid groups (broad SMARTS) is 1. The van der Waals surface area contributed by atoms with E-state index in [-0.39, 0.29) is 6.42 Å². The Bertz CT molecular complexity index is 625. The molecule has 0 aliphatic carbocycles. The number of hydrogen-bond donors (Lipinski definition) is 2. The molecule has 1 fully saturated rings. The number of nitrogens with one attached hydrogen (secondary N) is 1. The van der Waals surface area contributed by atoms with E-state index in [1.165, 1.54) is 0 Å². The molecule has 19 heavy (non-hydrogen) atoms. The van der Waals surface area contributed by atoms with Crippen LogP contribution in [0.2, 0.25) is 0 Å². The smallest absolute Gasteiger partial charge is 0.303 e. The summed E-state index contributed by atoms with van der Waals surface area (Å²) in [6.07, 6.45) is 1.56. The lowest BCUT2D eigenvalue weighted by Crippen LogP contribution is -2.41. The first-order chi connectivity index (χ1) is 9.12. The SMILES string of the molecule is Cc1[nH]c2ccccc2c1C1(CCC(=O)O)CCO1. The van der Waals surface area contributed by atoms with E-state index in [0.717, 1.165) is 28.6 Å². The summed E-state index contributed by atoms with van der Waals surface area (Å²) in [6.45, 7) is 2.73. The van der Waals surface area contributed by atoms with Gasteiger partial charge in [0.1, 0.15) is 0 Å². The van der Waals surface area contributed by atoms with E-state index in [1.807, 2.05) is 25.1 Å². The van der Waals surface area contributed by atoms with Crippen molar-refractivity contribution in [2.24, 2.45) is 0 Å². The summed E-state index contributed by atoms with van der Waals surface area (Å²) < 4.78 is 5.82. The molecule has 4 nitrogen and oxygen atoms in total. The Kier molecular flexibility index (Phi) is 2.82. The van der Waals surface area contributed by atoms with Crippen LogP contribution in [0.15, 0.2) is 24.3 Å². The zero-order valence-electron chi connectivity index (χ0n) is 10.9.